The highest BCUT2D eigenvalue weighted by atomic mass is 19.1. The van der Waals surface area contributed by atoms with Gasteiger partial charge in [-0.15, -0.1) is 0 Å². The number of carbonyl (C=O) groups is 2. The maximum absolute atomic E-state index is 15.3. The standard InChI is InChI=1S/C32H28FN7O3/c1-20(41)35-24-6-8-25(9-7-24)36-32(42)38-28-11-5-22(17-27(28)33)30-37-29-18-21(23-3-2-12-34-19-23)4-10-26(29)31(39-30)40-13-15-43-16-14-40/h2-12,17-19H,13-16H2,1H3,(H,35,41)(H2,36,38,42). The Balaban J connectivity index is 1.27. The number of carbonyl (C=O) groups excluding carboxylic acids is 2. The average Bonchev–Trinajstić information content (AvgIpc) is 3.03. The number of morpholine rings is 1. The van der Waals surface area contributed by atoms with Gasteiger partial charge in [0.25, 0.3) is 0 Å². The molecule has 3 N–H and O–H groups in total. The molecule has 11 heteroatoms. The molecule has 43 heavy (non-hydrogen) atoms. The largest absolute Gasteiger partial charge is 0.378 e. The molecule has 0 unspecified atom stereocenters. The zero-order valence-corrected chi connectivity index (χ0v) is 23.3. The molecule has 5 aromatic rings. The van der Waals surface area contributed by atoms with E-state index >= 15 is 4.39 Å². The van der Waals surface area contributed by atoms with Gasteiger partial charge in [0.1, 0.15) is 11.6 Å². The normalized spacial score (nSPS) is 13.0. The Morgan fingerprint density at radius 2 is 1.58 bits per heavy atom. The van der Waals surface area contributed by atoms with Gasteiger partial charge in [0.05, 0.1) is 24.4 Å². The number of pyridine rings is 1. The monoisotopic (exact) mass is 577 g/mol. The molecule has 3 amide bonds. The zero-order valence-electron chi connectivity index (χ0n) is 23.3. The second-order valence-corrected chi connectivity index (χ2v) is 9.98. The number of nitrogens with one attached hydrogen (secondary N) is 3. The van der Waals surface area contributed by atoms with Crippen LogP contribution in [0.2, 0.25) is 0 Å². The summed E-state index contributed by atoms with van der Waals surface area (Å²) in [5.41, 5.74) is 4.19. The first-order valence-electron chi connectivity index (χ1n) is 13.7. The summed E-state index contributed by atoms with van der Waals surface area (Å²) in [6, 6.07) is 20.3. The first kappa shape index (κ1) is 27.7. The van der Waals surface area contributed by atoms with Crippen LogP contribution >= 0.6 is 0 Å². The van der Waals surface area contributed by atoms with Crippen LogP contribution in [0.4, 0.5) is 32.1 Å². The number of hydrogen-bond donors (Lipinski definition) is 3. The van der Waals surface area contributed by atoms with E-state index < -0.39 is 11.8 Å². The highest BCUT2D eigenvalue weighted by Crippen LogP contribution is 2.32. The smallest absolute Gasteiger partial charge is 0.323 e. The number of fused-ring (bicyclic) bond motifs is 1. The fraction of sp³-hybridized carbons (Fsp3) is 0.156. The van der Waals surface area contributed by atoms with Crippen LogP contribution in [0.1, 0.15) is 6.92 Å². The van der Waals surface area contributed by atoms with Gasteiger partial charge in [-0.2, -0.15) is 0 Å². The molecule has 3 aromatic carbocycles. The molecule has 10 nitrogen and oxygen atoms in total. The van der Waals surface area contributed by atoms with E-state index in [2.05, 4.69) is 25.8 Å². The van der Waals surface area contributed by atoms with Crippen molar-refractivity contribution in [2.45, 2.75) is 6.92 Å². The van der Waals surface area contributed by atoms with Crippen molar-refractivity contribution in [1.29, 1.82) is 0 Å². The Bertz CT molecular complexity index is 1790. The van der Waals surface area contributed by atoms with Crippen LogP contribution in [0.5, 0.6) is 0 Å². The summed E-state index contributed by atoms with van der Waals surface area (Å²) in [7, 11) is 0. The number of ether oxygens (including phenoxy) is 1. The summed E-state index contributed by atoms with van der Waals surface area (Å²) < 4.78 is 20.8. The number of amides is 3. The third-order valence-corrected chi connectivity index (χ3v) is 6.92. The lowest BCUT2D eigenvalue weighted by molar-refractivity contribution is -0.114. The summed E-state index contributed by atoms with van der Waals surface area (Å²) in [6.07, 6.45) is 3.52. The lowest BCUT2D eigenvalue weighted by Gasteiger charge is -2.29. The summed E-state index contributed by atoms with van der Waals surface area (Å²) in [4.78, 5) is 39.8. The van der Waals surface area contributed by atoms with Crippen LogP contribution in [0, 0.1) is 5.82 Å². The van der Waals surface area contributed by atoms with Crippen molar-refractivity contribution >= 4 is 45.7 Å². The Kier molecular flexibility index (Phi) is 7.88. The molecule has 0 bridgehead atoms. The molecule has 216 valence electrons. The SMILES string of the molecule is CC(=O)Nc1ccc(NC(=O)Nc2ccc(-c3nc(N4CCOCC4)c4ccc(-c5cccnc5)cc4n3)cc2F)cc1. The predicted octanol–water partition coefficient (Wildman–Crippen LogP) is 5.94. The number of aromatic nitrogens is 3. The number of rotatable bonds is 6. The third kappa shape index (κ3) is 6.41. The molecule has 0 spiro atoms. The molecular weight excluding hydrogens is 549 g/mol. The van der Waals surface area contributed by atoms with E-state index in [-0.39, 0.29) is 11.6 Å². The van der Waals surface area contributed by atoms with Crippen molar-refractivity contribution in [2.75, 3.05) is 47.2 Å². The minimum atomic E-state index is -0.630. The van der Waals surface area contributed by atoms with Crippen LogP contribution in [0.25, 0.3) is 33.4 Å². The second-order valence-electron chi connectivity index (χ2n) is 9.98. The van der Waals surface area contributed by atoms with E-state index in [9.17, 15) is 9.59 Å². The number of urea groups is 1. The van der Waals surface area contributed by atoms with Crippen LogP contribution in [0.3, 0.4) is 0 Å². The summed E-state index contributed by atoms with van der Waals surface area (Å²) in [5, 5.41) is 8.73. The highest BCUT2D eigenvalue weighted by molar-refractivity contribution is 6.00. The third-order valence-electron chi connectivity index (χ3n) is 6.92. The fourth-order valence-electron chi connectivity index (χ4n) is 4.85. The number of benzene rings is 3. The second kappa shape index (κ2) is 12.2. The summed E-state index contributed by atoms with van der Waals surface area (Å²) >= 11 is 0. The van der Waals surface area contributed by atoms with Gasteiger partial charge in [0.2, 0.25) is 5.91 Å². The minimum absolute atomic E-state index is 0.00386. The molecule has 0 aliphatic carbocycles. The Hall–Kier alpha value is -5.42. The molecule has 0 atom stereocenters. The zero-order chi connectivity index (χ0) is 29.8. The Labute approximate surface area is 247 Å². The van der Waals surface area contributed by atoms with Crippen molar-refractivity contribution in [3.05, 3.63) is 91.0 Å². The van der Waals surface area contributed by atoms with Gasteiger partial charge in [0.15, 0.2) is 5.82 Å². The predicted molar refractivity (Wildman–Crippen MR) is 165 cm³/mol. The van der Waals surface area contributed by atoms with E-state index in [4.69, 9.17) is 14.7 Å². The van der Waals surface area contributed by atoms with Crippen molar-refractivity contribution in [3.8, 4) is 22.5 Å². The van der Waals surface area contributed by atoms with Crippen LogP contribution in [-0.2, 0) is 9.53 Å². The van der Waals surface area contributed by atoms with Gasteiger partial charge >= 0.3 is 6.03 Å². The Morgan fingerprint density at radius 1 is 0.837 bits per heavy atom. The molecule has 1 aliphatic rings. The van der Waals surface area contributed by atoms with Crippen molar-refractivity contribution < 1.29 is 18.7 Å². The fourth-order valence-corrected chi connectivity index (χ4v) is 4.85. The molecule has 1 fully saturated rings. The van der Waals surface area contributed by atoms with Gasteiger partial charge in [-0.05, 0) is 66.2 Å². The van der Waals surface area contributed by atoms with Gasteiger partial charge < -0.3 is 25.6 Å². The topological polar surface area (TPSA) is 121 Å². The van der Waals surface area contributed by atoms with E-state index in [0.717, 1.165) is 27.8 Å². The van der Waals surface area contributed by atoms with E-state index in [1.54, 1.807) is 42.7 Å². The van der Waals surface area contributed by atoms with Crippen LogP contribution in [0.15, 0.2) is 85.2 Å². The lowest BCUT2D eigenvalue weighted by atomic mass is 10.0. The van der Waals surface area contributed by atoms with Crippen molar-refractivity contribution in [2.24, 2.45) is 0 Å². The summed E-state index contributed by atoms with van der Waals surface area (Å²) in [5.74, 6) is 0.298. The van der Waals surface area contributed by atoms with E-state index in [1.807, 2.05) is 30.3 Å². The molecule has 0 radical (unpaired) electrons. The number of anilines is 4. The van der Waals surface area contributed by atoms with Gasteiger partial charge in [0, 0.05) is 60.3 Å². The lowest BCUT2D eigenvalue weighted by Crippen LogP contribution is -2.37. The van der Waals surface area contributed by atoms with E-state index in [1.165, 1.54) is 19.1 Å². The highest BCUT2D eigenvalue weighted by Gasteiger charge is 2.19. The average molecular weight is 578 g/mol. The van der Waals surface area contributed by atoms with Crippen LogP contribution in [-0.4, -0.2) is 53.2 Å². The number of halogens is 1. The van der Waals surface area contributed by atoms with Gasteiger partial charge in [-0.1, -0.05) is 12.1 Å². The van der Waals surface area contributed by atoms with Crippen molar-refractivity contribution in [3.63, 3.8) is 0 Å². The quantitative estimate of drug-likeness (QED) is 0.228. The van der Waals surface area contributed by atoms with Crippen molar-refractivity contribution in [1.82, 2.24) is 15.0 Å². The first-order valence-corrected chi connectivity index (χ1v) is 13.7. The number of nitrogens with zero attached hydrogens (tertiary/aromatic N) is 4. The van der Waals surface area contributed by atoms with E-state index in [0.29, 0.717) is 49.1 Å². The molecule has 1 aliphatic heterocycles. The maximum Gasteiger partial charge on any atom is 0.323 e. The van der Waals surface area contributed by atoms with Crippen LogP contribution < -0.4 is 20.9 Å². The van der Waals surface area contributed by atoms with Gasteiger partial charge in [-0.3, -0.25) is 9.78 Å². The molecule has 2 aromatic heterocycles. The molecule has 0 saturated carbocycles. The maximum atomic E-state index is 15.3. The van der Waals surface area contributed by atoms with Gasteiger partial charge in [-0.25, -0.2) is 19.2 Å². The molecule has 3 heterocycles. The Morgan fingerprint density at radius 3 is 2.28 bits per heavy atom. The molecular formula is C32H28FN7O3. The molecule has 1 saturated heterocycles. The number of hydrogen-bond acceptors (Lipinski definition) is 7. The first-order chi connectivity index (χ1) is 20.9. The summed E-state index contributed by atoms with van der Waals surface area (Å²) in [6.45, 7) is 3.95. The molecule has 6 rings (SSSR count). The minimum Gasteiger partial charge on any atom is -0.378 e.